The first-order valence-corrected chi connectivity index (χ1v) is 6.59. The van der Waals surface area contributed by atoms with Crippen LogP contribution < -0.4 is 16.0 Å². The van der Waals surface area contributed by atoms with Crippen LogP contribution in [0.2, 0.25) is 0 Å². The van der Waals surface area contributed by atoms with Gasteiger partial charge in [0.15, 0.2) is 0 Å². The van der Waals surface area contributed by atoms with E-state index < -0.39 is 0 Å². The van der Waals surface area contributed by atoms with Crippen molar-refractivity contribution in [3.8, 4) is 0 Å². The second-order valence-electron chi connectivity index (χ2n) is 5.73. The molecule has 0 radical (unpaired) electrons. The van der Waals surface area contributed by atoms with Crippen LogP contribution in [0.5, 0.6) is 0 Å². The van der Waals surface area contributed by atoms with E-state index in [0.29, 0.717) is 0 Å². The summed E-state index contributed by atoms with van der Waals surface area (Å²) >= 11 is 0. The Kier molecular flexibility index (Phi) is 7.39. The molecule has 0 bridgehead atoms. The molecule has 21 heavy (non-hydrogen) atoms. The lowest BCUT2D eigenvalue weighted by atomic mass is 9.87. The molecule has 1 aromatic rings. The Bertz CT molecular complexity index is 481. The van der Waals surface area contributed by atoms with Gasteiger partial charge in [-0.3, -0.25) is 9.59 Å². The van der Waals surface area contributed by atoms with E-state index in [1.807, 2.05) is 24.3 Å². The van der Waals surface area contributed by atoms with E-state index in [-0.39, 0.29) is 42.7 Å². The maximum atomic E-state index is 11.9. The number of amides is 2. The number of hydrogen-bond donors (Lipinski definition) is 2. The molecule has 0 aliphatic heterocycles. The Hall–Kier alpha value is -1.59. The second kappa shape index (κ2) is 8.00. The van der Waals surface area contributed by atoms with Crippen molar-refractivity contribution < 1.29 is 9.59 Å². The van der Waals surface area contributed by atoms with Crippen molar-refractivity contribution in [3.63, 3.8) is 0 Å². The van der Waals surface area contributed by atoms with E-state index in [2.05, 4.69) is 26.1 Å². The molecule has 0 atom stereocenters. The fourth-order valence-corrected chi connectivity index (χ4v) is 1.69. The summed E-state index contributed by atoms with van der Waals surface area (Å²) in [6, 6.07) is 7.83. The zero-order chi connectivity index (χ0) is 15.3. The third-order valence-electron chi connectivity index (χ3n) is 3.12. The van der Waals surface area contributed by atoms with Crippen molar-refractivity contribution in [1.29, 1.82) is 0 Å². The number of benzene rings is 1. The fraction of sp³-hybridized carbons (Fsp3) is 0.467. The molecule has 118 valence electrons. The average molecular weight is 314 g/mol. The summed E-state index contributed by atoms with van der Waals surface area (Å²) in [6.07, 6.45) is 0. The second-order valence-corrected chi connectivity index (χ2v) is 5.73. The summed E-state index contributed by atoms with van der Waals surface area (Å²) in [5, 5.41) is 2.46. The van der Waals surface area contributed by atoms with E-state index in [4.69, 9.17) is 5.73 Å². The van der Waals surface area contributed by atoms with Gasteiger partial charge in [0, 0.05) is 12.7 Å². The van der Waals surface area contributed by atoms with Crippen LogP contribution in [-0.2, 0) is 15.0 Å². The Morgan fingerprint density at radius 3 is 2.14 bits per heavy atom. The van der Waals surface area contributed by atoms with Gasteiger partial charge in [-0.2, -0.15) is 0 Å². The van der Waals surface area contributed by atoms with Crippen molar-refractivity contribution >= 4 is 29.9 Å². The number of nitrogens with zero attached hydrogens (tertiary/aromatic N) is 1. The molecule has 0 saturated carbocycles. The van der Waals surface area contributed by atoms with E-state index in [1.165, 1.54) is 10.5 Å². The molecular weight excluding hydrogens is 290 g/mol. The number of halogens is 1. The molecule has 0 fully saturated rings. The zero-order valence-corrected chi connectivity index (χ0v) is 13.8. The van der Waals surface area contributed by atoms with Crippen LogP contribution in [0, 0.1) is 0 Å². The summed E-state index contributed by atoms with van der Waals surface area (Å²) in [6.45, 7) is 6.25. The van der Waals surface area contributed by atoms with Crippen molar-refractivity contribution in [2.24, 2.45) is 5.73 Å². The van der Waals surface area contributed by atoms with Gasteiger partial charge < -0.3 is 16.0 Å². The summed E-state index contributed by atoms with van der Waals surface area (Å²) in [5.74, 6) is -0.523. The molecule has 2 amide bonds. The highest BCUT2D eigenvalue weighted by atomic mass is 35.5. The molecule has 0 aliphatic rings. The van der Waals surface area contributed by atoms with E-state index in [9.17, 15) is 9.59 Å². The monoisotopic (exact) mass is 313 g/mol. The fourth-order valence-electron chi connectivity index (χ4n) is 1.69. The molecule has 0 unspecified atom stereocenters. The minimum Gasteiger partial charge on any atom is -0.346 e. The first-order valence-electron chi connectivity index (χ1n) is 6.59. The number of anilines is 1. The number of rotatable bonds is 4. The number of nitrogens with one attached hydrogen (secondary N) is 1. The third kappa shape index (κ3) is 5.73. The van der Waals surface area contributed by atoms with E-state index in [0.717, 1.165) is 5.69 Å². The van der Waals surface area contributed by atoms with Crippen LogP contribution >= 0.6 is 12.4 Å². The van der Waals surface area contributed by atoms with Gasteiger partial charge in [-0.25, -0.2) is 0 Å². The summed E-state index contributed by atoms with van der Waals surface area (Å²) in [5.41, 5.74) is 7.25. The predicted octanol–water partition coefficient (Wildman–Crippen LogP) is 1.44. The van der Waals surface area contributed by atoms with Gasteiger partial charge in [0.05, 0.1) is 13.1 Å². The highest BCUT2D eigenvalue weighted by Gasteiger charge is 2.15. The standard InChI is InChI=1S/C15H23N3O2.ClH/c1-15(2,3)11-5-7-12(8-6-11)18(4)14(20)10-17-13(19)9-16;/h5-8H,9-10,16H2,1-4H3,(H,17,19);1H. The van der Waals surface area contributed by atoms with Crippen LogP contribution in [0.1, 0.15) is 26.3 Å². The number of carbonyl (C=O) groups is 2. The molecule has 1 aromatic carbocycles. The maximum Gasteiger partial charge on any atom is 0.246 e. The lowest BCUT2D eigenvalue weighted by molar-refractivity contribution is -0.124. The number of hydrogen-bond acceptors (Lipinski definition) is 3. The Balaban J connectivity index is 0.00000400. The Morgan fingerprint density at radius 1 is 1.19 bits per heavy atom. The SMILES string of the molecule is CN(C(=O)CNC(=O)CN)c1ccc(C(C)(C)C)cc1.Cl. The van der Waals surface area contributed by atoms with Crippen LogP contribution in [0.4, 0.5) is 5.69 Å². The van der Waals surface area contributed by atoms with E-state index in [1.54, 1.807) is 7.05 Å². The van der Waals surface area contributed by atoms with Crippen LogP contribution in [0.25, 0.3) is 0 Å². The summed E-state index contributed by atoms with van der Waals surface area (Å²) in [7, 11) is 1.68. The maximum absolute atomic E-state index is 11.9. The minimum absolute atomic E-state index is 0. The molecule has 0 aromatic heterocycles. The Morgan fingerprint density at radius 2 is 1.71 bits per heavy atom. The highest BCUT2D eigenvalue weighted by Crippen LogP contribution is 2.24. The number of nitrogens with two attached hydrogens (primary N) is 1. The molecule has 5 nitrogen and oxygen atoms in total. The topological polar surface area (TPSA) is 75.4 Å². The number of likely N-dealkylation sites (N-methyl/N-ethyl adjacent to an activating group) is 1. The van der Waals surface area contributed by atoms with Crippen molar-refractivity contribution in [2.75, 3.05) is 25.0 Å². The van der Waals surface area contributed by atoms with Gasteiger partial charge in [0.25, 0.3) is 0 Å². The normalized spacial score (nSPS) is 10.5. The third-order valence-corrected chi connectivity index (χ3v) is 3.12. The number of carbonyl (C=O) groups excluding carboxylic acids is 2. The molecule has 3 N–H and O–H groups in total. The molecular formula is C15H24ClN3O2. The van der Waals surface area contributed by atoms with Crippen LogP contribution in [-0.4, -0.2) is 32.0 Å². The van der Waals surface area contributed by atoms with Crippen molar-refractivity contribution in [2.45, 2.75) is 26.2 Å². The van der Waals surface area contributed by atoms with Gasteiger partial charge in [-0.05, 0) is 23.1 Å². The van der Waals surface area contributed by atoms with E-state index >= 15 is 0 Å². The molecule has 0 aliphatic carbocycles. The van der Waals surface area contributed by atoms with Gasteiger partial charge in [0.1, 0.15) is 0 Å². The highest BCUT2D eigenvalue weighted by molar-refractivity contribution is 5.96. The first kappa shape index (κ1) is 19.4. The quantitative estimate of drug-likeness (QED) is 0.883. The van der Waals surface area contributed by atoms with Crippen LogP contribution in [0.15, 0.2) is 24.3 Å². The Labute approximate surface area is 132 Å². The van der Waals surface area contributed by atoms with Crippen molar-refractivity contribution in [3.05, 3.63) is 29.8 Å². The molecule has 0 spiro atoms. The molecule has 6 heteroatoms. The predicted molar refractivity (Wildman–Crippen MR) is 87.9 cm³/mol. The minimum atomic E-state index is -0.338. The molecule has 0 saturated heterocycles. The zero-order valence-electron chi connectivity index (χ0n) is 13.0. The average Bonchev–Trinajstić information content (AvgIpc) is 2.42. The van der Waals surface area contributed by atoms with Crippen LogP contribution in [0.3, 0.4) is 0 Å². The molecule has 1 rings (SSSR count). The lowest BCUT2D eigenvalue weighted by Gasteiger charge is -2.22. The summed E-state index contributed by atoms with van der Waals surface area (Å²) in [4.78, 5) is 24.5. The van der Waals surface area contributed by atoms with Gasteiger partial charge in [0.2, 0.25) is 11.8 Å². The van der Waals surface area contributed by atoms with Gasteiger partial charge >= 0.3 is 0 Å². The molecule has 0 heterocycles. The van der Waals surface area contributed by atoms with Gasteiger partial charge in [-0.15, -0.1) is 12.4 Å². The lowest BCUT2D eigenvalue weighted by Crippen LogP contribution is -2.40. The largest absolute Gasteiger partial charge is 0.346 e. The van der Waals surface area contributed by atoms with Gasteiger partial charge in [-0.1, -0.05) is 32.9 Å². The summed E-state index contributed by atoms with van der Waals surface area (Å²) < 4.78 is 0. The first-order chi connectivity index (χ1) is 9.25. The van der Waals surface area contributed by atoms with Crippen molar-refractivity contribution in [1.82, 2.24) is 5.32 Å². The smallest absolute Gasteiger partial charge is 0.246 e.